The maximum Gasteiger partial charge on any atom is 0.337 e. The molecule has 3 rings (SSSR count). The summed E-state index contributed by atoms with van der Waals surface area (Å²) >= 11 is 5.87. The van der Waals surface area contributed by atoms with Crippen LogP contribution in [0.15, 0.2) is 66.9 Å². The second-order valence-electron chi connectivity index (χ2n) is 5.49. The number of carboxylic acid groups (broad SMARTS) is 1. The second-order valence-corrected chi connectivity index (χ2v) is 5.92. The Morgan fingerprint density at radius 2 is 1.72 bits per heavy atom. The van der Waals surface area contributed by atoms with Crippen LogP contribution in [0, 0.1) is 0 Å². The van der Waals surface area contributed by atoms with Gasteiger partial charge in [-0.15, -0.1) is 0 Å². The third kappa shape index (κ3) is 4.58. The van der Waals surface area contributed by atoms with Gasteiger partial charge in [-0.3, -0.25) is 4.98 Å². The lowest BCUT2D eigenvalue weighted by atomic mass is 10.1. The number of benzene rings is 2. The van der Waals surface area contributed by atoms with Gasteiger partial charge in [0.25, 0.3) is 0 Å². The van der Waals surface area contributed by atoms with Gasteiger partial charge in [0.05, 0.1) is 17.9 Å². The van der Waals surface area contributed by atoms with Crippen LogP contribution >= 0.6 is 11.6 Å². The Labute approximate surface area is 150 Å². The summed E-state index contributed by atoms with van der Waals surface area (Å²) in [4.78, 5) is 15.0. The van der Waals surface area contributed by atoms with Gasteiger partial charge in [-0.25, -0.2) is 4.79 Å². The van der Waals surface area contributed by atoms with E-state index in [-0.39, 0.29) is 5.56 Å². The first-order chi connectivity index (χ1) is 12.1. The minimum atomic E-state index is -0.983. The fourth-order valence-corrected chi connectivity index (χ4v) is 2.48. The highest BCUT2D eigenvalue weighted by molar-refractivity contribution is 6.30. The maximum atomic E-state index is 10.8. The highest BCUT2D eigenvalue weighted by Crippen LogP contribution is 2.21. The largest absolute Gasteiger partial charge is 0.493 e. The van der Waals surface area contributed by atoms with Gasteiger partial charge >= 0.3 is 5.97 Å². The number of carbonyl (C=O) groups is 1. The molecule has 1 heterocycles. The lowest BCUT2D eigenvalue weighted by Gasteiger charge is -2.08. The molecule has 0 amide bonds. The number of aromatic carboxylic acids is 1. The summed E-state index contributed by atoms with van der Waals surface area (Å²) in [5.74, 6) is -0.205. The maximum absolute atomic E-state index is 10.8. The van der Waals surface area contributed by atoms with E-state index in [9.17, 15) is 4.79 Å². The highest BCUT2D eigenvalue weighted by Gasteiger charge is 2.05. The van der Waals surface area contributed by atoms with Crippen molar-refractivity contribution in [3.63, 3.8) is 0 Å². The Balaban J connectivity index is 1.58. The SMILES string of the molecule is O=C(O)c1ccc(-c2ccc(OCCc3ccc(Cl)cc3)cc2)nc1. The topological polar surface area (TPSA) is 59.4 Å². The number of aromatic nitrogens is 1. The Morgan fingerprint density at radius 1 is 1.00 bits per heavy atom. The van der Waals surface area contributed by atoms with Crippen LogP contribution in [0.2, 0.25) is 5.02 Å². The van der Waals surface area contributed by atoms with Crippen molar-refractivity contribution in [1.82, 2.24) is 4.98 Å². The number of pyridine rings is 1. The summed E-state index contributed by atoms with van der Waals surface area (Å²) in [7, 11) is 0. The van der Waals surface area contributed by atoms with E-state index in [1.807, 2.05) is 48.5 Å². The van der Waals surface area contributed by atoms with E-state index in [1.165, 1.54) is 11.8 Å². The van der Waals surface area contributed by atoms with Gasteiger partial charge in [0.2, 0.25) is 0 Å². The van der Waals surface area contributed by atoms with Gasteiger partial charge < -0.3 is 9.84 Å². The van der Waals surface area contributed by atoms with Crippen molar-refractivity contribution < 1.29 is 14.6 Å². The summed E-state index contributed by atoms with van der Waals surface area (Å²) in [5, 5.41) is 9.62. The standard InChI is InChI=1S/C20H16ClNO3/c21-17-6-1-14(2-7-17)11-12-25-18-8-3-15(4-9-18)19-10-5-16(13-22-19)20(23)24/h1-10,13H,11-12H2,(H,23,24). The molecule has 0 aliphatic carbocycles. The molecule has 0 aliphatic rings. The molecule has 0 fully saturated rings. The van der Waals surface area contributed by atoms with Gasteiger partial charge in [0.15, 0.2) is 0 Å². The van der Waals surface area contributed by atoms with Gasteiger partial charge in [-0.1, -0.05) is 23.7 Å². The number of hydrogen-bond acceptors (Lipinski definition) is 3. The highest BCUT2D eigenvalue weighted by atomic mass is 35.5. The summed E-state index contributed by atoms with van der Waals surface area (Å²) in [6.45, 7) is 0.576. The number of halogens is 1. The lowest BCUT2D eigenvalue weighted by molar-refractivity contribution is 0.0696. The van der Waals surface area contributed by atoms with Crippen LogP contribution in [-0.2, 0) is 6.42 Å². The molecule has 0 saturated carbocycles. The van der Waals surface area contributed by atoms with E-state index in [0.29, 0.717) is 6.61 Å². The Bertz CT molecular complexity index is 844. The molecule has 3 aromatic rings. The van der Waals surface area contributed by atoms with Crippen molar-refractivity contribution in [1.29, 1.82) is 0 Å². The molecule has 0 unspecified atom stereocenters. The average molecular weight is 354 g/mol. The quantitative estimate of drug-likeness (QED) is 0.696. The van der Waals surface area contributed by atoms with Crippen LogP contribution in [0.5, 0.6) is 5.75 Å². The minimum Gasteiger partial charge on any atom is -0.493 e. The normalized spacial score (nSPS) is 10.4. The average Bonchev–Trinajstić information content (AvgIpc) is 2.64. The van der Waals surface area contributed by atoms with Crippen LogP contribution in [-0.4, -0.2) is 22.7 Å². The van der Waals surface area contributed by atoms with Gasteiger partial charge in [0, 0.05) is 23.2 Å². The number of rotatable bonds is 6. The Hall–Kier alpha value is -2.85. The van der Waals surface area contributed by atoms with Gasteiger partial charge in [-0.2, -0.15) is 0 Å². The van der Waals surface area contributed by atoms with Crippen molar-refractivity contribution in [3.05, 3.63) is 83.0 Å². The zero-order valence-corrected chi connectivity index (χ0v) is 14.1. The first-order valence-corrected chi connectivity index (χ1v) is 8.16. The molecule has 0 radical (unpaired) electrons. The van der Waals surface area contributed by atoms with E-state index in [0.717, 1.165) is 28.5 Å². The molecule has 2 aromatic carbocycles. The molecule has 1 N–H and O–H groups in total. The van der Waals surface area contributed by atoms with E-state index < -0.39 is 5.97 Å². The van der Waals surface area contributed by atoms with Crippen molar-refractivity contribution in [3.8, 4) is 17.0 Å². The summed E-state index contributed by atoms with van der Waals surface area (Å²) < 4.78 is 5.75. The third-order valence-electron chi connectivity index (χ3n) is 3.73. The fourth-order valence-electron chi connectivity index (χ4n) is 2.35. The predicted octanol–water partition coefficient (Wildman–Crippen LogP) is 4.72. The second kappa shape index (κ2) is 7.81. The fraction of sp³-hybridized carbons (Fsp3) is 0.100. The third-order valence-corrected chi connectivity index (χ3v) is 3.99. The van der Waals surface area contributed by atoms with Crippen molar-refractivity contribution >= 4 is 17.6 Å². The van der Waals surface area contributed by atoms with Crippen LogP contribution in [0.25, 0.3) is 11.3 Å². The molecular weight excluding hydrogens is 338 g/mol. The molecule has 5 heteroatoms. The number of nitrogens with zero attached hydrogens (tertiary/aromatic N) is 1. The predicted molar refractivity (Wildman–Crippen MR) is 97.3 cm³/mol. The minimum absolute atomic E-state index is 0.172. The van der Waals surface area contributed by atoms with Gasteiger partial charge in [0.1, 0.15) is 5.75 Å². The molecule has 1 aromatic heterocycles. The molecule has 0 spiro atoms. The van der Waals surface area contributed by atoms with E-state index in [4.69, 9.17) is 21.4 Å². The number of ether oxygens (including phenoxy) is 1. The van der Waals surface area contributed by atoms with Gasteiger partial charge in [-0.05, 0) is 54.1 Å². The molecule has 126 valence electrons. The molecule has 25 heavy (non-hydrogen) atoms. The van der Waals surface area contributed by atoms with E-state index in [2.05, 4.69) is 4.98 Å². The number of hydrogen-bond donors (Lipinski definition) is 1. The Kier molecular flexibility index (Phi) is 5.31. The first kappa shape index (κ1) is 17.0. The van der Waals surface area contributed by atoms with Crippen molar-refractivity contribution in [2.45, 2.75) is 6.42 Å². The zero-order chi connectivity index (χ0) is 17.6. The van der Waals surface area contributed by atoms with Crippen LogP contribution < -0.4 is 4.74 Å². The lowest BCUT2D eigenvalue weighted by Crippen LogP contribution is -2.01. The molecule has 0 bridgehead atoms. The molecule has 4 nitrogen and oxygen atoms in total. The smallest absolute Gasteiger partial charge is 0.337 e. The summed E-state index contributed by atoms with van der Waals surface area (Å²) in [6.07, 6.45) is 2.16. The molecular formula is C20H16ClNO3. The van der Waals surface area contributed by atoms with E-state index >= 15 is 0 Å². The van der Waals surface area contributed by atoms with Crippen molar-refractivity contribution in [2.75, 3.05) is 6.61 Å². The van der Waals surface area contributed by atoms with Crippen LogP contribution in [0.1, 0.15) is 15.9 Å². The monoisotopic (exact) mass is 353 g/mol. The first-order valence-electron chi connectivity index (χ1n) is 7.79. The summed E-state index contributed by atoms with van der Waals surface area (Å²) in [6, 6.07) is 18.5. The Morgan fingerprint density at radius 3 is 2.32 bits per heavy atom. The zero-order valence-electron chi connectivity index (χ0n) is 13.4. The van der Waals surface area contributed by atoms with Crippen LogP contribution in [0.4, 0.5) is 0 Å². The molecule has 0 atom stereocenters. The van der Waals surface area contributed by atoms with Crippen LogP contribution in [0.3, 0.4) is 0 Å². The summed E-state index contributed by atoms with van der Waals surface area (Å²) in [5.41, 5.74) is 2.97. The number of carboxylic acids is 1. The van der Waals surface area contributed by atoms with Crippen molar-refractivity contribution in [2.24, 2.45) is 0 Å². The van der Waals surface area contributed by atoms with E-state index in [1.54, 1.807) is 12.1 Å². The molecule has 0 aliphatic heterocycles. The molecule has 0 saturated heterocycles.